The maximum absolute atomic E-state index is 12.5. The van der Waals surface area contributed by atoms with Crippen LogP contribution in [0.1, 0.15) is 31.9 Å². The zero-order chi connectivity index (χ0) is 16.8. The van der Waals surface area contributed by atoms with Gasteiger partial charge in [-0.25, -0.2) is 15.0 Å². The van der Waals surface area contributed by atoms with Gasteiger partial charge in [0.25, 0.3) is 5.91 Å². The number of rotatable bonds is 1. The lowest BCUT2D eigenvalue weighted by Gasteiger charge is -2.28. The Morgan fingerprint density at radius 1 is 1.22 bits per heavy atom. The third-order valence-electron chi connectivity index (χ3n) is 3.79. The van der Waals surface area contributed by atoms with Crippen molar-refractivity contribution in [1.29, 1.82) is 0 Å². The topological polar surface area (TPSA) is 79.0 Å². The molecule has 1 N–H and O–H groups in total. The Balaban J connectivity index is 1.76. The van der Waals surface area contributed by atoms with Crippen molar-refractivity contribution in [2.75, 3.05) is 0 Å². The molecule has 1 aromatic carbocycles. The van der Waals surface area contributed by atoms with Gasteiger partial charge in [0.05, 0.1) is 0 Å². The fraction of sp³-hybridized carbons (Fsp3) is 0.438. The number of benzene rings is 1. The number of hydrogen-bond acceptors (Lipinski definition) is 4. The van der Waals surface area contributed by atoms with Crippen LogP contribution in [0.4, 0.5) is 9.59 Å². The third kappa shape index (κ3) is 2.86. The molecule has 7 nitrogen and oxygen atoms in total. The van der Waals surface area contributed by atoms with Crippen LogP contribution in [0.3, 0.4) is 0 Å². The van der Waals surface area contributed by atoms with E-state index in [2.05, 4.69) is 5.43 Å². The highest BCUT2D eigenvalue weighted by molar-refractivity contribution is 6.05. The number of nitrogens with zero attached hydrogens (tertiary/aromatic N) is 2. The Morgan fingerprint density at radius 2 is 1.87 bits per heavy atom. The van der Waals surface area contributed by atoms with Crippen LogP contribution in [0.15, 0.2) is 24.3 Å². The Bertz CT molecular complexity index is 637. The smallest absolute Gasteiger partial charge is 0.427 e. The summed E-state index contributed by atoms with van der Waals surface area (Å²) in [5.74, 6) is -0.435. The van der Waals surface area contributed by atoms with Gasteiger partial charge in [0.15, 0.2) is 0 Å². The largest absolute Gasteiger partial charge is 0.443 e. The Hall–Kier alpha value is -2.57. The molecule has 0 bridgehead atoms. The summed E-state index contributed by atoms with van der Waals surface area (Å²) in [6.45, 7) is 5.48. The van der Waals surface area contributed by atoms with E-state index in [4.69, 9.17) is 4.74 Å². The molecule has 0 spiro atoms. The van der Waals surface area contributed by atoms with Gasteiger partial charge < -0.3 is 9.64 Å². The molecule has 0 aliphatic carbocycles. The molecule has 122 valence electrons. The zero-order valence-electron chi connectivity index (χ0n) is 13.3. The molecule has 2 heterocycles. The summed E-state index contributed by atoms with van der Waals surface area (Å²) in [7, 11) is 0. The van der Waals surface area contributed by atoms with E-state index in [-0.39, 0.29) is 0 Å². The monoisotopic (exact) mass is 317 g/mol. The van der Waals surface area contributed by atoms with E-state index in [1.807, 2.05) is 24.3 Å². The first kappa shape index (κ1) is 15.3. The van der Waals surface area contributed by atoms with E-state index < -0.39 is 29.7 Å². The van der Waals surface area contributed by atoms with E-state index in [9.17, 15) is 14.4 Å². The number of imide groups is 1. The van der Waals surface area contributed by atoms with Crippen molar-refractivity contribution in [2.24, 2.45) is 0 Å². The first-order chi connectivity index (χ1) is 10.8. The summed E-state index contributed by atoms with van der Waals surface area (Å²) in [5, 5.41) is 0.755. The lowest BCUT2D eigenvalue weighted by atomic mass is 9.95. The Kier molecular flexibility index (Phi) is 3.50. The van der Waals surface area contributed by atoms with Gasteiger partial charge in [-0.1, -0.05) is 24.3 Å². The number of carbonyl (C=O) groups is 3. The fourth-order valence-corrected chi connectivity index (χ4v) is 2.81. The van der Waals surface area contributed by atoms with Crippen molar-refractivity contribution < 1.29 is 19.1 Å². The maximum atomic E-state index is 12.5. The first-order valence-corrected chi connectivity index (χ1v) is 7.47. The normalized spacial score (nSPS) is 20.2. The van der Waals surface area contributed by atoms with Crippen LogP contribution in [-0.4, -0.2) is 39.6 Å². The second-order valence-corrected chi connectivity index (χ2v) is 6.69. The third-order valence-corrected chi connectivity index (χ3v) is 3.79. The van der Waals surface area contributed by atoms with Gasteiger partial charge in [0.2, 0.25) is 0 Å². The number of ether oxygens (including phenoxy) is 1. The molecule has 1 fully saturated rings. The highest BCUT2D eigenvalue weighted by Gasteiger charge is 2.48. The molecular weight excluding hydrogens is 298 g/mol. The van der Waals surface area contributed by atoms with Crippen molar-refractivity contribution in [3.05, 3.63) is 35.4 Å². The summed E-state index contributed by atoms with van der Waals surface area (Å²) in [4.78, 5) is 38.2. The first-order valence-electron chi connectivity index (χ1n) is 7.47. The van der Waals surface area contributed by atoms with Crippen molar-refractivity contribution in [3.8, 4) is 0 Å². The van der Waals surface area contributed by atoms with E-state index in [1.54, 1.807) is 20.8 Å². The van der Waals surface area contributed by atoms with Gasteiger partial charge in [0, 0.05) is 13.0 Å². The van der Waals surface area contributed by atoms with Crippen molar-refractivity contribution in [3.63, 3.8) is 0 Å². The maximum Gasteiger partial charge on any atom is 0.427 e. The van der Waals surface area contributed by atoms with Crippen LogP contribution in [0, 0.1) is 0 Å². The molecule has 1 aromatic rings. The average molecular weight is 317 g/mol. The lowest BCUT2D eigenvalue weighted by molar-refractivity contribution is -0.130. The highest BCUT2D eigenvalue weighted by Crippen LogP contribution is 2.29. The van der Waals surface area contributed by atoms with E-state index >= 15 is 0 Å². The van der Waals surface area contributed by atoms with Crippen LogP contribution in [-0.2, 0) is 22.5 Å². The number of carbonyl (C=O) groups excluding carboxylic acids is 3. The van der Waals surface area contributed by atoms with Crippen LogP contribution in [0.5, 0.6) is 0 Å². The number of hydrazine groups is 1. The van der Waals surface area contributed by atoms with Gasteiger partial charge in [-0.05, 0) is 31.9 Å². The van der Waals surface area contributed by atoms with Crippen molar-refractivity contribution >= 4 is 18.0 Å². The van der Waals surface area contributed by atoms with Gasteiger partial charge in [0.1, 0.15) is 11.6 Å². The van der Waals surface area contributed by atoms with E-state index in [1.165, 1.54) is 4.90 Å². The molecule has 1 atom stereocenters. The van der Waals surface area contributed by atoms with E-state index in [0.717, 1.165) is 16.1 Å². The predicted octanol–water partition coefficient (Wildman–Crippen LogP) is 1.82. The standard InChI is InChI=1S/C16H19N3O4/c1-16(2,3)23-14(21)17-19-13(20)12-8-10-6-4-5-7-11(10)9-18(12)15(19)22/h4-7,12H,8-9H2,1-3H3,(H,17,21)/t12-/m0/s1. The number of nitrogens with one attached hydrogen (secondary N) is 1. The summed E-state index contributed by atoms with van der Waals surface area (Å²) < 4.78 is 5.10. The molecule has 0 saturated carbocycles. The molecule has 2 aliphatic heterocycles. The van der Waals surface area contributed by atoms with Gasteiger partial charge in [-0.2, -0.15) is 5.01 Å². The quantitative estimate of drug-likeness (QED) is 0.801. The fourth-order valence-electron chi connectivity index (χ4n) is 2.81. The minimum absolute atomic E-state index is 0.359. The SMILES string of the molecule is CC(C)(C)OC(=O)NN1C(=O)[C@@H]2Cc3ccccc3CN2C1=O. The average Bonchev–Trinajstić information content (AvgIpc) is 2.68. The molecule has 1 saturated heterocycles. The molecule has 0 radical (unpaired) electrons. The lowest BCUT2D eigenvalue weighted by Crippen LogP contribution is -2.48. The molecule has 2 aliphatic rings. The second kappa shape index (κ2) is 5.26. The van der Waals surface area contributed by atoms with Crippen molar-refractivity contribution in [1.82, 2.24) is 15.3 Å². The molecule has 0 aromatic heterocycles. The summed E-state index contributed by atoms with van der Waals surface area (Å²) >= 11 is 0. The molecule has 0 unspecified atom stereocenters. The summed E-state index contributed by atoms with van der Waals surface area (Å²) in [6.07, 6.45) is -0.371. The van der Waals surface area contributed by atoms with Crippen LogP contribution < -0.4 is 5.43 Å². The number of fused-ring (bicyclic) bond motifs is 2. The number of hydrogen-bond donors (Lipinski definition) is 1. The van der Waals surface area contributed by atoms with Gasteiger partial charge >= 0.3 is 12.1 Å². The van der Waals surface area contributed by atoms with Gasteiger partial charge in [-0.3, -0.25) is 4.79 Å². The number of amides is 4. The number of urea groups is 1. The van der Waals surface area contributed by atoms with Crippen LogP contribution >= 0.6 is 0 Å². The summed E-state index contributed by atoms with van der Waals surface area (Å²) in [6, 6.07) is 6.60. The summed E-state index contributed by atoms with van der Waals surface area (Å²) in [5.41, 5.74) is 3.61. The minimum Gasteiger partial charge on any atom is -0.443 e. The van der Waals surface area contributed by atoms with Crippen LogP contribution in [0.25, 0.3) is 0 Å². The molecule has 4 amide bonds. The predicted molar refractivity (Wildman–Crippen MR) is 81.1 cm³/mol. The van der Waals surface area contributed by atoms with Gasteiger partial charge in [-0.15, -0.1) is 0 Å². The molecule has 23 heavy (non-hydrogen) atoms. The highest BCUT2D eigenvalue weighted by atomic mass is 16.6. The van der Waals surface area contributed by atoms with Crippen LogP contribution in [0.2, 0.25) is 0 Å². The molecule has 3 rings (SSSR count). The second-order valence-electron chi connectivity index (χ2n) is 6.69. The Morgan fingerprint density at radius 3 is 2.52 bits per heavy atom. The van der Waals surface area contributed by atoms with Crippen molar-refractivity contribution in [2.45, 2.75) is 45.4 Å². The Labute approximate surface area is 134 Å². The zero-order valence-corrected chi connectivity index (χ0v) is 13.3. The molecule has 7 heteroatoms. The van der Waals surface area contributed by atoms with E-state index in [0.29, 0.717) is 13.0 Å². The minimum atomic E-state index is -0.823. The molecular formula is C16H19N3O4.